The van der Waals surface area contributed by atoms with Crippen LogP contribution in [0.1, 0.15) is 30.5 Å². The van der Waals surface area contributed by atoms with E-state index in [9.17, 15) is 9.50 Å². The molecule has 0 bridgehead atoms. The van der Waals surface area contributed by atoms with Crippen molar-refractivity contribution < 1.29 is 9.50 Å². The van der Waals surface area contributed by atoms with Crippen molar-refractivity contribution in [3.63, 3.8) is 0 Å². The van der Waals surface area contributed by atoms with E-state index >= 15 is 0 Å². The monoisotopic (exact) mass is 233 g/mol. The first-order valence-electron chi connectivity index (χ1n) is 5.53. The van der Waals surface area contributed by atoms with Gasteiger partial charge in [0.25, 0.3) is 0 Å². The lowest BCUT2D eigenvalue weighted by Crippen LogP contribution is -2.23. The fraction of sp³-hybridized carbons (Fsp3) is 0.286. The van der Waals surface area contributed by atoms with Crippen LogP contribution in [-0.4, -0.2) is 11.7 Å². The molecule has 0 aliphatic carbocycles. The number of aliphatic hydroxyl groups excluding tert-OH is 1. The van der Waals surface area contributed by atoms with E-state index in [1.54, 1.807) is 6.20 Å². The Morgan fingerprint density at radius 1 is 1.41 bits per heavy atom. The van der Waals surface area contributed by atoms with Crippen molar-refractivity contribution in [2.75, 3.05) is 6.61 Å². The number of rotatable bonds is 2. The van der Waals surface area contributed by atoms with Gasteiger partial charge >= 0.3 is 0 Å². The Morgan fingerprint density at radius 3 is 2.76 bits per heavy atom. The van der Waals surface area contributed by atoms with E-state index in [1.165, 1.54) is 6.07 Å². The van der Waals surface area contributed by atoms with Crippen molar-refractivity contribution in [1.29, 1.82) is 0 Å². The van der Waals surface area contributed by atoms with Crippen LogP contribution in [0.4, 0.5) is 4.39 Å². The zero-order valence-corrected chi connectivity index (χ0v) is 10.0. The molecule has 0 saturated carbocycles. The van der Waals surface area contributed by atoms with Crippen LogP contribution in [0.5, 0.6) is 0 Å². The average Bonchev–Trinajstić information content (AvgIpc) is 2.28. The lowest BCUT2D eigenvalue weighted by molar-refractivity contribution is 0.218. The highest BCUT2D eigenvalue weighted by molar-refractivity contribution is 5.77. The maximum atomic E-state index is 14.0. The fourth-order valence-electron chi connectivity index (χ4n) is 1.86. The van der Waals surface area contributed by atoms with Crippen LogP contribution in [0.2, 0.25) is 0 Å². The molecule has 2 N–H and O–H groups in total. The largest absolute Gasteiger partial charge is 0.395 e. The molecule has 1 aromatic rings. The number of hydrogen-bond acceptors (Lipinski definition) is 2. The third kappa shape index (κ3) is 1.98. The molecule has 0 unspecified atom stereocenters. The summed E-state index contributed by atoms with van der Waals surface area (Å²) in [5.41, 5.74) is 2.20. The van der Waals surface area contributed by atoms with Gasteiger partial charge in [-0.05, 0) is 23.3 Å². The second-order valence-electron chi connectivity index (χ2n) is 4.92. The van der Waals surface area contributed by atoms with Gasteiger partial charge in [-0.1, -0.05) is 26.5 Å². The molecule has 0 fully saturated rings. The summed E-state index contributed by atoms with van der Waals surface area (Å²) in [7, 11) is 0. The van der Waals surface area contributed by atoms with Crippen molar-refractivity contribution >= 4 is 11.8 Å². The summed E-state index contributed by atoms with van der Waals surface area (Å²) in [4.78, 5) is 0. The van der Waals surface area contributed by atoms with Gasteiger partial charge in [0.15, 0.2) is 0 Å². The van der Waals surface area contributed by atoms with Crippen LogP contribution >= 0.6 is 0 Å². The van der Waals surface area contributed by atoms with Gasteiger partial charge in [-0.25, -0.2) is 4.39 Å². The molecule has 1 heterocycles. The summed E-state index contributed by atoms with van der Waals surface area (Å²) in [5.74, 6) is -0.305. The molecule has 0 spiro atoms. The molecule has 0 atom stereocenters. The van der Waals surface area contributed by atoms with Crippen molar-refractivity contribution in [3.05, 3.63) is 47.4 Å². The van der Waals surface area contributed by atoms with E-state index in [0.29, 0.717) is 11.3 Å². The molecule has 2 rings (SSSR count). The zero-order valence-electron chi connectivity index (χ0n) is 10.0. The second-order valence-corrected chi connectivity index (χ2v) is 4.92. The molecule has 0 aromatic heterocycles. The predicted molar refractivity (Wildman–Crippen MR) is 67.7 cm³/mol. The topological polar surface area (TPSA) is 32.3 Å². The number of aliphatic hydroxyl groups is 1. The minimum Gasteiger partial charge on any atom is -0.395 e. The molecular formula is C14H16FNO. The summed E-state index contributed by atoms with van der Waals surface area (Å²) < 4.78 is 14.0. The molecule has 17 heavy (non-hydrogen) atoms. The first-order chi connectivity index (χ1) is 7.95. The molecule has 0 radical (unpaired) electrons. The Bertz CT molecular complexity index is 503. The van der Waals surface area contributed by atoms with Crippen molar-refractivity contribution in [3.8, 4) is 0 Å². The molecular weight excluding hydrogens is 217 g/mol. The van der Waals surface area contributed by atoms with E-state index < -0.39 is 5.41 Å². The molecule has 0 saturated heterocycles. The van der Waals surface area contributed by atoms with Gasteiger partial charge in [-0.15, -0.1) is 0 Å². The number of nitrogens with one attached hydrogen (secondary N) is 1. The highest BCUT2D eigenvalue weighted by Crippen LogP contribution is 2.31. The van der Waals surface area contributed by atoms with Crippen molar-refractivity contribution in [1.82, 2.24) is 5.32 Å². The number of fused-ring (bicyclic) bond motifs is 1. The molecule has 1 aliphatic rings. The van der Waals surface area contributed by atoms with E-state index in [2.05, 4.69) is 11.9 Å². The van der Waals surface area contributed by atoms with Gasteiger partial charge in [0, 0.05) is 22.9 Å². The van der Waals surface area contributed by atoms with Gasteiger partial charge in [0.2, 0.25) is 0 Å². The highest BCUT2D eigenvalue weighted by atomic mass is 19.1. The Morgan fingerprint density at radius 2 is 2.12 bits per heavy atom. The lowest BCUT2D eigenvalue weighted by atomic mass is 9.83. The minimum absolute atomic E-state index is 0.0197. The van der Waals surface area contributed by atoms with E-state index in [-0.39, 0.29) is 12.4 Å². The Kier molecular flexibility index (Phi) is 2.79. The first-order valence-corrected chi connectivity index (χ1v) is 5.53. The van der Waals surface area contributed by atoms with E-state index in [4.69, 9.17) is 0 Å². The number of halogens is 1. The molecule has 90 valence electrons. The number of benzene rings is 1. The lowest BCUT2D eigenvalue weighted by Gasteiger charge is -2.25. The van der Waals surface area contributed by atoms with Crippen molar-refractivity contribution in [2.45, 2.75) is 19.3 Å². The minimum atomic E-state index is -0.448. The molecule has 0 amide bonds. The third-order valence-corrected chi connectivity index (χ3v) is 3.12. The Balaban J connectivity index is 2.60. The third-order valence-electron chi connectivity index (χ3n) is 3.12. The summed E-state index contributed by atoms with van der Waals surface area (Å²) in [6, 6.07) is 3.37. The SMILES string of the molecule is C=C1NC=Cc2cc(C(C)(C)CO)cc(F)c21. The smallest absolute Gasteiger partial charge is 0.133 e. The number of hydrogen-bond donors (Lipinski definition) is 2. The van der Waals surface area contributed by atoms with Crippen LogP contribution in [0.15, 0.2) is 24.9 Å². The van der Waals surface area contributed by atoms with E-state index in [1.807, 2.05) is 26.0 Å². The molecule has 1 aliphatic heterocycles. The highest BCUT2D eigenvalue weighted by Gasteiger charge is 2.23. The normalized spacial score (nSPS) is 14.5. The molecule has 3 heteroatoms. The summed E-state index contributed by atoms with van der Waals surface area (Å²) in [5, 5.41) is 12.2. The van der Waals surface area contributed by atoms with Crippen LogP contribution in [0, 0.1) is 5.82 Å². The van der Waals surface area contributed by atoms with E-state index in [0.717, 1.165) is 11.1 Å². The van der Waals surface area contributed by atoms with Crippen LogP contribution in [-0.2, 0) is 5.41 Å². The quantitative estimate of drug-likeness (QED) is 0.823. The van der Waals surface area contributed by atoms with Gasteiger partial charge in [0.05, 0.1) is 6.61 Å². The fourth-order valence-corrected chi connectivity index (χ4v) is 1.86. The van der Waals surface area contributed by atoms with Crippen molar-refractivity contribution in [2.24, 2.45) is 0 Å². The average molecular weight is 233 g/mol. The zero-order chi connectivity index (χ0) is 12.6. The molecule has 1 aromatic carbocycles. The van der Waals surface area contributed by atoms with Crippen LogP contribution < -0.4 is 5.32 Å². The maximum absolute atomic E-state index is 14.0. The standard InChI is InChI=1S/C14H16FNO/c1-9-13-10(4-5-16-9)6-11(7-12(13)15)14(2,3)8-17/h4-7,16-17H,1,8H2,2-3H3. The summed E-state index contributed by atoms with van der Waals surface area (Å²) in [6.45, 7) is 7.52. The molecule has 2 nitrogen and oxygen atoms in total. The Labute approximate surface area is 100 Å². The van der Waals surface area contributed by atoms with Crippen LogP contribution in [0.25, 0.3) is 11.8 Å². The predicted octanol–water partition coefficient (Wildman–Crippen LogP) is 2.64. The van der Waals surface area contributed by atoms with Crippen LogP contribution in [0.3, 0.4) is 0 Å². The van der Waals surface area contributed by atoms with Gasteiger partial charge in [-0.3, -0.25) is 0 Å². The second kappa shape index (κ2) is 4.00. The maximum Gasteiger partial charge on any atom is 0.133 e. The van der Waals surface area contributed by atoms with Gasteiger partial charge in [-0.2, -0.15) is 0 Å². The summed E-state index contributed by atoms with van der Waals surface area (Å²) >= 11 is 0. The van der Waals surface area contributed by atoms with Gasteiger partial charge < -0.3 is 10.4 Å². The Hall–Kier alpha value is -1.61. The summed E-state index contributed by atoms with van der Waals surface area (Å²) in [6.07, 6.45) is 3.55. The van der Waals surface area contributed by atoms with Gasteiger partial charge in [0.1, 0.15) is 5.82 Å². The first kappa shape index (κ1) is 11.9.